The third kappa shape index (κ3) is 3.70. The molecule has 1 aromatic heterocycles. The number of aromatic carboxylic acids is 1. The van der Waals surface area contributed by atoms with Crippen molar-refractivity contribution in [2.75, 3.05) is 7.05 Å². The van der Waals surface area contributed by atoms with Crippen molar-refractivity contribution >= 4 is 11.9 Å². The summed E-state index contributed by atoms with van der Waals surface area (Å²) >= 11 is 0. The number of carbonyl (C=O) groups is 2. The topological polar surface area (TPSA) is 88.3 Å². The summed E-state index contributed by atoms with van der Waals surface area (Å²) in [5, 5.41) is 16.1. The van der Waals surface area contributed by atoms with Crippen LogP contribution in [-0.2, 0) is 11.3 Å². The summed E-state index contributed by atoms with van der Waals surface area (Å²) in [6.07, 6.45) is 4.41. The molecule has 7 nitrogen and oxygen atoms in total. The highest BCUT2D eigenvalue weighted by Gasteiger charge is 2.33. The van der Waals surface area contributed by atoms with Crippen molar-refractivity contribution in [3.8, 4) is 0 Å². The van der Waals surface area contributed by atoms with Gasteiger partial charge in [0.15, 0.2) is 5.69 Å². The maximum absolute atomic E-state index is 12.6. The number of rotatable bonds is 5. The standard InChI is InChI=1S/C18H22N4O3/c1-12-6-8-13(9-7-12)14-4-3-5-16(14)21(2)17(23)11-22-10-15(18(24)25)19-20-22/h6-10,14,16H,3-5,11H2,1-2H3,(H,24,25). The highest BCUT2D eigenvalue weighted by atomic mass is 16.4. The summed E-state index contributed by atoms with van der Waals surface area (Å²) < 4.78 is 1.28. The average Bonchev–Trinajstić information content (AvgIpc) is 3.24. The summed E-state index contributed by atoms with van der Waals surface area (Å²) in [6, 6.07) is 8.66. The van der Waals surface area contributed by atoms with E-state index >= 15 is 0 Å². The van der Waals surface area contributed by atoms with E-state index in [1.807, 2.05) is 7.05 Å². The molecule has 0 radical (unpaired) electrons. The number of carboxylic acids is 1. The Morgan fingerprint density at radius 2 is 2.00 bits per heavy atom. The first-order chi connectivity index (χ1) is 12.0. The van der Waals surface area contributed by atoms with Crippen LogP contribution in [0.1, 0.15) is 46.8 Å². The first kappa shape index (κ1) is 17.1. The molecule has 2 atom stereocenters. The summed E-state index contributed by atoms with van der Waals surface area (Å²) in [6.45, 7) is 2.06. The second kappa shape index (κ2) is 7.04. The Labute approximate surface area is 146 Å². The number of nitrogens with zero attached hydrogens (tertiary/aromatic N) is 4. The van der Waals surface area contributed by atoms with Crippen LogP contribution in [0.5, 0.6) is 0 Å². The fourth-order valence-electron chi connectivity index (χ4n) is 3.52. The Kier molecular flexibility index (Phi) is 4.83. The fraction of sp³-hybridized carbons (Fsp3) is 0.444. The van der Waals surface area contributed by atoms with E-state index in [2.05, 4.69) is 41.5 Å². The van der Waals surface area contributed by atoms with Gasteiger partial charge in [-0.05, 0) is 25.3 Å². The van der Waals surface area contributed by atoms with Crippen molar-refractivity contribution in [3.05, 3.63) is 47.3 Å². The van der Waals surface area contributed by atoms with Gasteiger partial charge in [0.2, 0.25) is 5.91 Å². The third-order valence-corrected chi connectivity index (χ3v) is 4.93. The van der Waals surface area contributed by atoms with Gasteiger partial charge in [0.25, 0.3) is 0 Å². The molecule has 2 unspecified atom stereocenters. The van der Waals surface area contributed by atoms with Gasteiger partial charge in [0.1, 0.15) is 6.54 Å². The monoisotopic (exact) mass is 342 g/mol. The fourth-order valence-corrected chi connectivity index (χ4v) is 3.52. The largest absolute Gasteiger partial charge is 0.476 e. The number of hydrogen-bond donors (Lipinski definition) is 1. The molecule has 1 fully saturated rings. The number of likely N-dealkylation sites (N-methyl/N-ethyl adjacent to an activating group) is 1. The Morgan fingerprint density at radius 3 is 2.64 bits per heavy atom. The van der Waals surface area contributed by atoms with Gasteiger partial charge in [0.05, 0.1) is 6.20 Å². The van der Waals surface area contributed by atoms with Gasteiger partial charge in [-0.3, -0.25) is 4.79 Å². The van der Waals surface area contributed by atoms with Gasteiger partial charge < -0.3 is 10.0 Å². The molecule has 3 rings (SSSR count). The molecule has 0 aliphatic heterocycles. The Balaban J connectivity index is 1.69. The lowest BCUT2D eigenvalue weighted by atomic mass is 9.92. The smallest absolute Gasteiger partial charge is 0.358 e. The first-order valence-electron chi connectivity index (χ1n) is 8.41. The zero-order chi connectivity index (χ0) is 18.0. The number of carbonyl (C=O) groups excluding carboxylic acids is 1. The Morgan fingerprint density at radius 1 is 1.28 bits per heavy atom. The number of aryl methyl sites for hydroxylation is 1. The molecule has 1 aromatic carbocycles. The van der Waals surface area contributed by atoms with Crippen molar-refractivity contribution in [2.24, 2.45) is 0 Å². The normalized spacial score (nSPS) is 19.8. The second-order valence-electron chi connectivity index (χ2n) is 6.63. The van der Waals surface area contributed by atoms with Gasteiger partial charge in [-0.2, -0.15) is 0 Å². The van der Waals surface area contributed by atoms with Crippen LogP contribution >= 0.6 is 0 Å². The highest BCUT2D eigenvalue weighted by Crippen LogP contribution is 2.37. The zero-order valence-corrected chi connectivity index (χ0v) is 14.4. The predicted octanol–water partition coefficient (Wildman–Crippen LogP) is 2.08. The number of benzene rings is 1. The molecule has 1 amide bonds. The van der Waals surface area contributed by atoms with Crippen LogP contribution in [-0.4, -0.2) is 50.0 Å². The molecular formula is C18H22N4O3. The number of carboxylic acid groups (broad SMARTS) is 1. The summed E-state index contributed by atoms with van der Waals surface area (Å²) in [7, 11) is 1.81. The lowest BCUT2D eigenvalue weighted by molar-refractivity contribution is -0.133. The molecule has 1 N–H and O–H groups in total. The number of aromatic nitrogens is 3. The van der Waals surface area contributed by atoms with E-state index in [4.69, 9.17) is 5.11 Å². The van der Waals surface area contributed by atoms with E-state index in [0.717, 1.165) is 19.3 Å². The highest BCUT2D eigenvalue weighted by molar-refractivity contribution is 5.84. The molecule has 0 bridgehead atoms. The Bertz CT molecular complexity index is 769. The minimum absolute atomic E-state index is 0.00605. The second-order valence-corrected chi connectivity index (χ2v) is 6.63. The van der Waals surface area contributed by atoms with Crippen LogP contribution in [0, 0.1) is 6.92 Å². The van der Waals surface area contributed by atoms with Crippen LogP contribution < -0.4 is 0 Å². The van der Waals surface area contributed by atoms with E-state index < -0.39 is 5.97 Å². The van der Waals surface area contributed by atoms with Gasteiger partial charge in [-0.15, -0.1) is 5.10 Å². The molecule has 1 saturated carbocycles. The molecule has 1 aliphatic carbocycles. The van der Waals surface area contributed by atoms with Gasteiger partial charge in [-0.25, -0.2) is 9.48 Å². The maximum Gasteiger partial charge on any atom is 0.358 e. The van der Waals surface area contributed by atoms with Crippen LogP contribution in [0.3, 0.4) is 0 Å². The first-order valence-corrected chi connectivity index (χ1v) is 8.41. The summed E-state index contributed by atoms with van der Waals surface area (Å²) in [5.41, 5.74) is 2.33. The van der Waals surface area contributed by atoms with E-state index in [9.17, 15) is 9.59 Å². The van der Waals surface area contributed by atoms with Crippen molar-refractivity contribution in [3.63, 3.8) is 0 Å². The van der Waals surface area contributed by atoms with Crippen LogP contribution in [0.4, 0.5) is 0 Å². The van der Waals surface area contributed by atoms with E-state index in [-0.39, 0.29) is 24.2 Å². The third-order valence-electron chi connectivity index (χ3n) is 4.93. The molecule has 0 spiro atoms. The van der Waals surface area contributed by atoms with Crippen LogP contribution in [0.2, 0.25) is 0 Å². The molecular weight excluding hydrogens is 320 g/mol. The summed E-state index contributed by atoms with van der Waals surface area (Å²) in [5.74, 6) is -0.909. The SMILES string of the molecule is Cc1ccc(C2CCCC2N(C)C(=O)Cn2cc(C(=O)O)nn2)cc1. The molecule has 0 saturated heterocycles. The Hall–Kier alpha value is -2.70. The van der Waals surface area contributed by atoms with E-state index in [1.54, 1.807) is 4.90 Å². The van der Waals surface area contributed by atoms with Crippen molar-refractivity contribution in [1.82, 2.24) is 19.9 Å². The minimum atomic E-state index is -1.15. The van der Waals surface area contributed by atoms with Crippen LogP contribution in [0.15, 0.2) is 30.5 Å². The lowest BCUT2D eigenvalue weighted by Gasteiger charge is -2.30. The summed E-state index contributed by atoms with van der Waals surface area (Å²) in [4.78, 5) is 25.2. The zero-order valence-electron chi connectivity index (χ0n) is 14.4. The predicted molar refractivity (Wildman–Crippen MR) is 91.3 cm³/mol. The quantitative estimate of drug-likeness (QED) is 0.899. The molecule has 7 heteroatoms. The van der Waals surface area contributed by atoms with E-state index in [0.29, 0.717) is 5.92 Å². The average molecular weight is 342 g/mol. The molecule has 1 aliphatic rings. The van der Waals surface area contributed by atoms with Gasteiger partial charge in [0, 0.05) is 19.0 Å². The maximum atomic E-state index is 12.6. The van der Waals surface area contributed by atoms with Gasteiger partial charge >= 0.3 is 5.97 Å². The van der Waals surface area contributed by atoms with Gasteiger partial charge in [-0.1, -0.05) is 41.5 Å². The lowest BCUT2D eigenvalue weighted by Crippen LogP contribution is -2.40. The van der Waals surface area contributed by atoms with Crippen LogP contribution in [0.25, 0.3) is 0 Å². The van der Waals surface area contributed by atoms with E-state index in [1.165, 1.54) is 22.0 Å². The molecule has 25 heavy (non-hydrogen) atoms. The number of hydrogen-bond acceptors (Lipinski definition) is 4. The molecule has 132 valence electrons. The number of amides is 1. The van der Waals surface area contributed by atoms with Crippen molar-refractivity contribution in [1.29, 1.82) is 0 Å². The van der Waals surface area contributed by atoms with Crippen molar-refractivity contribution < 1.29 is 14.7 Å². The van der Waals surface area contributed by atoms with Crippen molar-refractivity contribution in [2.45, 2.75) is 44.7 Å². The minimum Gasteiger partial charge on any atom is -0.476 e. The molecule has 1 heterocycles. The molecule has 2 aromatic rings.